The second kappa shape index (κ2) is 6.51. The molecule has 0 spiro atoms. The van der Waals surface area contributed by atoms with Crippen molar-refractivity contribution in [2.45, 2.75) is 32.7 Å². The van der Waals surface area contributed by atoms with Crippen molar-refractivity contribution in [1.29, 1.82) is 0 Å². The molecule has 1 N–H and O–H groups in total. The summed E-state index contributed by atoms with van der Waals surface area (Å²) in [6.45, 7) is 6.11. The second-order valence-corrected chi connectivity index (χ2v) is 7.10. The minimum atomic E-state index is 0.217. The maximum absolute atomic E-state index is 5.93. The number of rotatable bonds is 5. The Bertz CT molecular complexity index is 638. The van der Waals surface area contributed by atoms with E-state index < -0.39 is 0 Å². The van der Waals surface area contributed by atoms with E-state index in [1.165, 1.54) is 21.6 Å². The molecule has 112 valence electrons. The second-order valence-electron chi connectivity index (χ2n) is 5.24. The number of halogens is 1. The van der Waals surface area contributed by atoms with Gasteiger partial charge in [-0.05, 0) is 47.7 Å². The van der Waals surface area contributed by atoms with Crippen LogP contribution in [-0.4, -0.2) is 13.2 Å². The number of aryl methyl sites for hydroxylation is 1. The Hall–Kier alpha value is -0.840. The van der Waals surface area contributed by atoms with E-state index in [0.29, 0.717) is 0 Å². The third kappa shape index (κ3) is 2.89. The van der Waals surface area contributed by atoms with Crippen LogP contribution in [-0.2, 0) is 12.8 Å². The standard InChI is InChI=1S/C17H20BrNOS/c1-3-11-6-8-21-17(11)15(19-4-2)14-10-13(18)9-12-5-7-20-16(12)14/h6,8-10,15,19H,3-5,7H2,1-2H3. The molecule has 3 rings (SSSR count). The topological polar surface area (TPSA) is 21.3 Å². The fourth-order valence-corrected chi connectivity index (χ4v) is 4.57. The average molecular weight is 366 g/mol. The van der Waals surface area contributed by atoms with Crippen molar-refractivity contribution >= 4 is 27.3 Å². The van der Waals surface area contributed by atoms with Crippen LogP contribution in [0.2, 0.25) is 0 Å². The van der Waals surface area contributed by atoms with Gasteiger partial charge in [-0.3, -0.25) is 0 Å². The van der Waals surface area contributed by atoms with Crippen LogP contribution in [0.4, 0.5) is 0 Å². The molecule has 2 nitrogen and oxygen atoms in total. The summed E-state index contributed by atoms with van der Waals surface area (Å²) in [5, 5.41) is 5.83. The fraction of sp³-hybridized carbons (Fsp3) is 0.412. The van der Waals surface area contributed by atoms with Gasteiger partial charge in [0, 0.05) is 21.3 Å². The lowest BCUT2D eigenvalue weighted by Crippen LogP contribution is -2.22. The molecule has 0 amide bonds. The predicted molar refractivity (Wildman–Crippen MR) is 92.6 cm³/mol. The first-order valence-electron chi connectivity index (χ1n) is 7.49. The van der Waals surface area contributed by atoms with Crippen molar-refractivity contribution in [2.24, 2.45) is 0 Å². The minimum absolute atomic E-state index is 0.217. The fourth-order valence-electron chi connectivity index (χ4n) is 2.95. The SMILES string of the molecule is CCNC(c1cc(Br)cc2c1OCC2)c1sccc1CC. The highest BCUT2D eigenvalue weighted by Crippen LogP contribution is 2.40. The van der Waals surface area contributed by atoms with Crippen molar-refractivity contribution in [3.8, 4) is 5.75 Å². The summed E-state index contributed by atoms with van der Waals surface area (Å²) in [4.78, 5) is 1.41. The van der Waals surface area contributed by atoms with Crippen LogP contribution in [0.3, 0.4) is 0 Å². The van der Waals surface area contributed by atoms with Gasteiger partial charge in [-0.1, -0.05) is 29.8 Å². The van der Waals surface area contributed by atoms with E-state index in [2.05, 4.69) is 58.7 Å². The molecule has 4 heteroatoms. The van der Waals surface area contributed by atoms with Crippen molar-refractivity contribution in [1.82, 2.24) is 5.32 Å². The van der Waals surface area contributed by atoms with Gasteiger partial charge in [0.25, 0.3) is 0 Å². The first kappa shape index (κ1) is 15.1. The summed E-state index contributed by atoms with van der Waals surface area (Å²) < 4.78 is 7.07. The number of fused-ring (bicyclic) bond motifs is 1. The molecule has 1 aromatic heterocycles. The van der Waals surface area contributed by atoms with E-state index >= 15 is 0 Å². The summed E-state index contributed by atoms with van der Waals surface area (Å²) in [6.07, 6.45) is 2.07. The lowest BCUT2D eigenvalue weighted by Gasteiger charge is -2.21. The van der Waals surface area contributed by atoms with E-state index in [1.807, 2.05) is 11.3 Å². The summed E-state index contributed by atoms with van der Waals surface area (Å²) >= 11 is 5.49. The lowest BCUT2D eigenvalue weighted by atomic mass is 9.98. The zero-order valence-corrected chi connectivity index (χ0v) is 14.8. The molecule has 0 fully saturated rings. The highest BCUT2D eigenvalue weighted by Gasteiger charge is 2.26. The molecular formula is C17H20BrNOS. The van der Waals surface area contributed by atoms with Crippen LogP contribution in [0.1, 0.15) is 41.5 Å². The van der Waals surface area contributed by atoms with Crippen LogP contribution in [0.5, 0.6) is 5.75 Å². The van der Waals surface area contributed by atoms with Crippen molar-refractivity contribution in [3.63, 3.8) is 0 Å². The third-order valence-corrected chi connectivity index (χ3v) is 5.40. The Morgan fingerprint density at radius 3 is 3.00 bits per heavy atom. The minimum Gasteiger partial charge on any atom is -0.493 e. The summed E-state index contributed by atoms with van der Waals surface area (Å²) in [5.74, 6) is 1.08. The number of thiophene rings is 1. The Morgan fingerprint density at radius 2 is 2.24 bits per heavy atom. The van der Waals surface area contributed by atoms with E-state index in [9.17, 15) is 0 Å². The van der Waals surface area contributed by atoms with Gasteiger partial charge in [0.2, 0.25) is 0 Å². The molecule has 2 aromatic rings. The average Bonchev–Trinajstić information content (AvgIpc) is 3.12. The van der Waals surface area contributed by atoms with Gasteiger partial charge in [0.05, 0.1) is 12.6 Å². The first-order chi connectivity index (χ1) is 10.2. The Morgan fingerprint density at radius 1 is 1.38 bits per heavy atom. The summed E-state index contributed by atoms with van der Waals surface area (Å²) in [7, 11) is 0. The first-order valence-corrected chi connectivity index (χ1v) is 9.16. The number of nitrogens with one attached hydrogen (secondary N) is 1. The molecular weight excluding hydrogens is 346 g/mol. The van der Waals surface area contributed by atoms with Gasteiger partial charge in [0.15, 0.2) is 0 Å². The monoisotopic (exact) mass is 365 g/mol. The third-order valence-electron chi connectivity index (χ3n) is 3.92. The van der Waals surface area contributed by atoms with Crippen molar-refractivity contribution in [3.05, 3.63) is 49.6 Å². The van der Waals surface area contributed by atoms with Crippen LogP contribution in [0.25, 0.3) is 0 Å². The van der Waals surface area contributed by atoms with Crippen molar-refractivity contribution in [2.75, 3.05) is 13.2 Å². The quantitative estimate of drug-likeness (QED) is 0.828. The van der Waals surface area contributed by atoms with Crippen LogP contribution in [0.15, 0.2) is 28.1 Å². The van der Waals surface area contributed by atoms with E-state index in [-0.39, 0.29) is 6.04 Å². The van der Waals surface area contributed by atoms with E-state index in [0.717, 1.165) is 36.2 Å². The largest absolute Gasteiger partial charge is 0.493 e. The van der Waals surface area contributed by atoms with Gasteiger partial charge in [-0.2, -0.15) is 0 Å². The van der Waals surface area contributed by atoms with Crippen LogP contribution >= 0.6 is 27.3 Å². The van der Waals surface area contributed by atoms with E-state index in [4.69, 9.17) is 4.74 Å². The Kier molecular flexibility index (Phi) is 4.67. The summed E-state index contributed by atoms with van der Waals surface area (Å²) in [6, 6.07) is 6.85. The molecule has 1 unspecified atom stereocenters. The smallest absolute Gasteiger partial charge is 0.127 e. The molecule has 0 saturated carbocycles. The van der Waals surface area contributed by atoms with Gasteiger partial charge in [0.1, 0.15) is 5.75 Å². The van der Waals surface area contributed by atoms with Gasteiger partial charge < -0.3 is 10.1 Å². The molecule has 21 heavy (non-hydrogen) atoms. The number of hydrogen-bond acceptors (Lipinski definition) is 3. The number of hydrogen-bond donors (Lipinski definition) is 1. The Balaban J connectivity index is 2.10. The number of ether oxygens (including phenoxy) is 1. The van der Waals surface area contributed by atoms with Gasteiger partial charge in [-0.25, -0.2) is 0 Å². The van der Waals surface area contributed by atoms with Crippen LogP contribution in [0, 0.1) is 0 Å². The zero-order valence-electron chi connectivity index (χ0n) is 12.4. The summed E-state index contributed by atoms with van der Waals surface area (Å²) in [5.41, 5.74) is 4.01. The maximum atomic E-state index is 5.93. The lowest BCUT2D eigenvalue weighted by molar-refractivity contribution is 0.350. The van der Waals surface area contributed by atoms with Gasteiger partial charge in [-0.15, -0.1) is 11.3 Å². The molecule has 1 aliphatic rings. The zero-order chi connectivity index (χ0) is 14.8. The molecule has 1 aliphatic heterocycles. The van der Waals surface area contributed by atoms with Gasteiger partial charge >= 0.3 is 0 Å². The highest BCUT2D eigenvalue weighted by atomic mass is 79.9. The van der Waals surface area contributed by atoms with Crippen molar-refractivity contribution < 1.29 is 4.74 Å². The highest BCUT2D eigenvalue weighted by molar-refractivity contribution is 9.10. The molecule has 2 heterocycles. The molecule has 0 bridgehead atoms. The predicted octanol–water partition coefficient (Wildman–Crippen LogP) is 4.71. The molecule has 1 atom stereocenters. The normalized spacial score (nSPS) is 14.8. The Labute approximate surface area is 138 Å². The molecule has 0 radical (unpaired) electrons. The molecule has 0 aliphatic carbocycles. The molecule has 1 aromatic carbocycles. The van der Waals surface area contributed by atoms with Crippen LogP contribution < -0.4 is 10.1 Å². The number of benzene rings is 1. The van der Waals surface area contributed by atoms with E-state index in [1.54, 1.807) is 0 Å². The maximum Gasteiger partial charge on any atom is 0.127 e. The molecule has 0 saturated heterocycles.